The zero-order valence-electron chi connectivity index (χ0n) is 31.3. The van der Waals surface area contributed by atoms with Gasteiger partial charge in [0.25, 0.3) is 0 Å². The van der Waals surface area contributed by atoms with E-state index in [0.29, 0.717) is 13.2 Å². The standard InChI is InChI=1S/C32H26NOP.C15H22NOP/c1-3-15-27(16-4-1)35(28-17-5-2-6-18-28)31-21-10-9-20-30(31)32-33-26(23-34-32)22-25-14-11-13-24-12-7-8-19-29(24)25;1-15(2,3)13-10-17-14(16-13)11-8-6-7-9-12(11)18(4)5/h1-21,26H,22-23H2;6-9,13H,10H2,1-5H3/t26-;13-/m01/s1. The van der Waals surface area contributed by atoms with Crippen molar-refractivity contribution in [3.05, 3.63) is 168 Å². The number of rotatable bonds is 8. The predicted octanol–water partition coefficient (Wildman–Crippen LogP) is 9.23. The summed E-state index contributed by atoms with van der Waals surface area (Å²) >= 11 is 0. The molecule has 0 saturated heterocycles. The maximum atomic E-state index is 6.26. The fourth-order valence-corrected chi connectivity index (χ4v) is 10.3. The van der Waals surface area contributed by atoms with Crippen LogP contribution in [0.3, 0.4) is 0 Å². The Hall–Kier alpha value is -4.62. The first-order valence-electron chi connectivity index (χ1n) is 18.4. The van der Waals surface area contributed by atoms with E-state index >= 15 is 0 Å². The highest BCUT2D eigenvalue weighted by Gasteiger charge is 2.31. The number of hydrogen-bond donors (Lipinski definition) is 0. The highest BCUT2D eigenvalue weighted by molar-refractivity contribution is 7.80. The van der Waals surface area contributed by atoms with Gasteiger partial charge in [0.1, 0.15) is 13.2 Å². The smallest absolute Gasteiger partial charge is 0.217 e. The molecule has 0 bridgehead atoms. The summed E-state index contributed by atoms with van der Waals surface area (Å²) in [5, 5.41) is 7.88. The van der Waals surface area contributed by atoms with E-state index in [4.69, 9.17) is 19.5 Å². The van der Waals surface area contributed by atoms with Gasteiger partial charge in [-0.25, -0.2) is 9.98 Å². The second kappa shape index (κ2) is 16.6. The number of nitrogens with zero attached hydrogens (tertiary/aromatic N) is 2. The van der Waals surface area contributed by atoms with Gasteiger partial charge in [-0.1, -0.05) is 168 Å². The van der Waals surface area contributed by atoms with Crippen LogP contribution in [0.5, 0.6) is 0 Å². The van der Waals surface area contributed by atoms with Gasteiger partial charge < -0.3 is 9.47 Å². The molecule has 2 aliphatic rings. The van der Waals surface area contributed by atoms with Crippen molar-refractivity contribution in [2.24, 2.45) is 15.4 Å². The van der Waals surface area contributed by atoms with Gasteiger partial charge in [0.05, 0.1) is 12.1 Å². The van der Waals surface area contributed by atoms with Crippen LogP contribution in [0.2, 0.25) is 0 Å². The first-order valence-corrected chi connectivity index (χ1v) is 22.0. The summed E-state index contributed by atoms with van der Waals surface area (Å²) in [6.45, 7) is 12.5. The fraction of sp³-hybridized carbons (Fsp3) is 0.234. The lowest BCUT2D eigenvalue weighted by molar-refractivity contribution is 0.236. The summed E-state index contributed by atoms with van der Waals surface area (Å²) in [6.07, 6.45) is 0.874. The van der Waals surface area contributed by atoms with Crippen LogP contribution in [-0.4, -0.2) is 50.4 Å². The Kier molecular flexibility index (Phi) is 11.5. The monoisotopic (exact) mass is 734 g/mol. The number of benzene rings is 6. The second-order valence-electron chi connectivity index (χ2n) is 14.8. The molecule has 2 atom stereocenters. The van der Waals surface area contributed by atoms with Crippen LogP contribution in [0, 0.1) is 5.41 Å². The first-order chi connectivity index (χ1) is 25.8. The van der Waals surface area contributed by atoms with Crippen LogP contribution in [-0.2, 0) is 15.9 Å². The van der Waals surface area contributed by atoms with Crippen molar-refractivity contribution < 1.29 is 9.47 Å². The third kappa shape index (κ3) is 8.62. The predicted molar refractivity (Wildman–Crippen MR) is 230 cm³/mol. The molecule has 268 valence electrons. The number of fused-ring (bicyclic) bond motifs is 1. The molecule has 2 heterocycles. The molecule has 0 aliphatic carbocycles. The normalized spacial score (nSPS) is 16.8. The second-order valence-corrected chi connectivity index (χ2v) is 19.3. The zero-order chi connectivity index (χ0) is 36.8. The Balaban J connectivity index is 0.000000204. The maximum Gasteiger partial charge on any atom is 0.217 e. The van der Waals surface area contributed by atoms with Crippen molar-refractivity contribution in [2.45, 2.75) is 39.3 Å². The summed E-state index contributed by atoms with van der Waals surface area (Å²) in [4.78, 5) is 9.87. The van der Waals surface area contributed by atoms with Gasteiger partial charge in [0, 0.05) is 11.1 Å². The van der Waals surface area contributed by atoms with Gasteiger partial charge in [0.2, 0.25) is 11.8 Å². The van der Waals surface area contributed by atoms with Crippen LogP contribution in [0.1, 0.15) is 37.5 Å². The van der Waals surface area contributed by atoms with E-state index in [0.717, 1.165) is 23.8 Å². The van der Waals surface area contributed by atoms with E-state index < -0.39 is 7.92 Å². The Morgan fingerprint density at radius 2 is 1.09 bits per heavy atom. The molecule has 0 radical (unpaired) electrons. The Bertz CT molecular complexity index is 2160. The molecule has 4 nitrogen and oxygen atoms in total. The molecule has 0 amide bonds. The number of aliphatic imine (C=N–C) groups is 2. The molecule has 2 aliphatic heterocycles. The van der Waals surface area contributed by atoms with Crippen LogP contribution in [0.15, 0.2) is 162 Å². The third-order valence-electron chi connectivity index (χ3n) is 9.72. The summed E-state index contributed by atoms with van der Waals surface area (Å²) < 4.78 is 12.1. The molecular weight excluding hydrogens is 686 g/mol. The molecule has 8 rings (SSSR count). The molecule has 6 heteroatoms. The minimum absolute atomic E-state index is 0.114. The lowest BCUT2D eigenvalue weighted by Gasteiger charge is -2.22. The lowest BCUT2D eigenvalue weighted by Crippen LogP contribution is -2.25. The quantitative estimate of drug-likeness (QED) is 0.147. The van der Waals surface area contributed by atoms with Crippen molar-refractivity contribution in [3.8, 4) is 0 Å². The molecule has 6 aromatic carbocycles. The van der Waals surface area contributed by atoms with Gasteiger partial charge in [-0.15, -0.1) is 0 Å². The Labute approximate surface area is 317 Å². The van der Waals surface area contributed by atoms with Crippen LogP contribution in [0.25, 0.3) is 10.8 Å². The molecular formula is C47H48N2O2P2. The largest absolute Gasteiger partial charge is 0.475 e. The molecule has 0 saturated carbocycles. The van der Waals surface area contributed by atoms with E-state index in [9.17, 15) is 0 Å². The SMILES string of the molecule is CP(C)c1ccccc1C1=N[C@@H](C(C)(C)C)CO1.c1ccc(P(c2ccccc2)c2ccccc2C2=N[C@@H](Cc3cccc4ccccc34)CO2)cc1. The van der Waals surface area contributed by atoms with Crippen LogP contribution >= 0.6 is 15.8 Å². The third-order valence-corrected chi connectivity index (χ3v) is 13.6. The zero-order valence-corrected chi connectivity index (χ0v) is 33.1. The molecule has 0 unspecified atom stereocenters. The van der Waals surface area contributed by atoms with Crippen molar-refractivity contribution in [2.75, 3.05) is 26.5 Å². The van der Waals surface area contributed by atoms with Crippen molar-refractivity contribution in [1.29, 1.82) is 0 Å². The fourth-order valence-electron chi connectivity index (χ4n) is 6.83. The molecule has 0 aromatic heterocycles. The van der Waals surface area contributed by atoms with E-state index in [1.807, 2.05) is 0 Å². The first kappa shape index (κ1) is 36.7. The molecule has 0 spiro atoms. The Morgan fingerprint density at radius 1 is 0.566 bits per heavy atom. The topological polar surface area (TPSA) is 43.2 Å². The van der Waals surface area contributed by atoms with Gasteiger partial charge in [-0.3, -0.25) is 0 Å². The highest BCUT2D eigenvalue weighted by atomic mass is 31.1. The molecule has 0 N–H and O–H groups in total. The van der Waals surface area contributed by atoms with Crippen LogP contribution in [0.4, 0.5) is 0 Å². The highest BCUT2D eigenvalue weighted by Crippen LogP contribution is 2.35. The average molecular weight is 735 g/mol. The Morgan fingerprint density at radius 3 is 1.74 bits per heavy atom. The molecule has 6 aromatic rings. The van der Waals surface area contributed by atoms with E-state index in [-0.39, 0.29) is 25.4 Å². The van der Waals surface area contributed by atoms with Crippen molar-refractivity contribution >= 4 is 59.6 Å². The molecule has 53 heavy (non-hydrogen) atoms. The minimum Gasteiger partial charge on any atom is -0.475 e. The summed E-state index contributed by atoms with van der Waals surface area (Å²) in [5.41, 5.74) is 3.78. The average Bonchev–Trinajstić information content (AvgIpc) is 3.88. The summed E-state index contributed by atoms with van der Waals surface area (Å²) in [5.74, 6) is 1.60. The summed E-state index contributed by atoms with van der Waals surface area (Å²) in [7, 11) is -0.865. The maximum absolute atomic E-state index is 6.26. The minimum atomic E-state index is -0.730. The molecule has 0 fully saturated rings. The van der Waals surface area contributed by atoms with E-state index in [1.54, 1.807) is 0 Å². The van der Waals surface area contributed by atoms with Crippen molar-refractivity contribution in [3.63, 3.8) is 0 Å². The van der Waals surface area contributed by atoms with E-state index in [2.05, 4.69) is 186 Å². The van der Waals surface area contributed by atoms with Gasteiger partial charge >= 0.3 is 0 Å². The number of ether oxygens (including phenoxy) is 2. The lowest BCUT2D eigenvalue weighted by atomic mass is 9.88. The van der Waals surface area contributed by atoms with Crippen molar-refractivity contribution in [1.82, 2.24) is 0 Å². The summed E-state index contributed by atoms with van der Waals surface area (Å²) in [6, 6.07) is 54.2. The van der Waals surface area contributed by atoms with Crippen LogP contribution < -0.4 is 21.2 Å². The van der Waals surface area contributed by atoms with Gasteiger partial charge in [-0.2, -0.15) is 0 Å². The van der Waals surface area contributed by atoms with Gasteiger partial charge in [-0.05, 0) is 82.8 Å². The number of hydrogen-bond acceptors (Lipinski definition) is 4. The van der Waals surface area contributed by atoms with Gasteiger partial charge in [0.15, 0.2) is 0 Å². The van der Waals surface area contributed by atoms with E-state index in [1.165, 1.54) is 43.1 Å².